The summed E-state index contributed by atoms with van der Waals surface area (Å²) in [6.45, 7) is 3.96. The van der Waals surface area contributed by atoms with Gasteiger partial charge in [0.05, 0.1) is 6.10 Å². The monoisotopic (exact) mass is 194 g/mol. The average molecular weight is 194 g/mol. The summed E-state index contributed by atoms with van der Waals surface area (Å²) in [6, 6.07) is 6.99. The van der Waals surface area contributed by atoms with E-state index >= 15 is 0 Å². The number of para-hydroxylation sites is 1. The topological polar surface area (TPSA) is 72.3 Å². The van der Waals surface area contributed by atoms with Gasteiger partial charge in [-0.15, -0.1) is 0 Å². The van der Waals surface area contributed by atoms with Crippen LogP contribution in [0.5, 0.6) is 0 Å². The van der Waals surface area contributed by atoms with E-state index in [0.29, 0.717) is 11.3 Å². The minimum atomic E-state index is -0.684. The highest BCUT2D eigenvalue weighted by Crippen LogP contribution is 2.24. The Hall–Kier alpha value is -1.06. The van der Waals surface area contributed by atoms with Crippen molar-refractivity contribution < 1.29 is 5.11 Å². The molecule has 1 rings (SSSR count). The van der Waals surface area contributed by atoms with Crippen molar-refractivity contribution in [1.29, 1.82) is 0 Å². The molecule has 0 saturated carbocycles. The first-order chi connectivity index (χ1) is 6.54. The predicted molar refractivity (Wildman–Crippen MR) is 58.6 cm³/mol. The lowest BCUT2D eigenvalue weighted by Gasteiger charge is -2.23. The van der Waals surface area contributed by atoms with Gasteiger partial charge in [-0.2, -0.15) is 0 Å². The molecule has 0 bridgehead atoms. The average Bonchev–Trinajstić information content (AvgIpc) is 2.16. The molecule has 1 aromatic carbocycles. The number of nitrogens with two attached hydrogens (primary N) is 2. The standard InChI is InChI=1S/C11H18N2O/c1-7(2)10(13)11(14)8-5-3-4-6-9(8)12/h3-7,10-11,14H,12-13H2,1-2H3/t10-,11-/m0/s1. The lowest BCUT2D eigenvalue weighted by atomic mass is 9.93. The van der Waals surface area contributed by atoms with Gasteiger partial charge in [0.15, 0.2) is 0 Å². The summed E-state index contributed by atoms with van der Waals surface area (Å²) in [5.41, 5.74) is 12.9. The molecule has 0 unspecified atom stereocenters. The van der Waals surface area contributed by atoms with Crippen molar-refractivity contribution in [1.82, 2.24) is 0 Å². The molecule has 2 atom stereocenters. The van der Waals surface area contributed by atoms with E-state index in [1.807, 2.05) is 32.0 Å². The van der Waals surface area contributed by atoms with Gasteiger partial charge < -0.3 is 16.6 Å². The molecule has 1 aromatic rings. The molecule has 0 fully saturated rings. The van der Waals surface area contributed by atoms with E-state index in [0.717, 1.165) is 0 Å². The fraction of sp³-hybridized carbons (Fsp3) is 0.455. The first kappa shape index (κ1) is 11.0. The van der Waals surface area contributed by atoms with Gasteiger partial charge in [-0.25, -0.2) is 0 Å². The SMILES string of the molecule is CC(C)[C@H](N)[C@@H](O)c1ccccc1N. The van der Waals surface area contributed by atoms with Crippen LogP contribution in [0.3, 0.4) is 0 Å². The Kier molecular flexibility index (Phi) is 3.49. The minimum absolute atomic E-state index is 0.226. The molecule has 0 aliphatic heterocycles. The van der Waals surface area contributed by atoms with Gasteiger partial charge in [-0.1, -0.05) is 32.0 Å². The number of aliphatic hydroxyl groups excluding tert-OH is 1. The van der Waals surface area contributed by atoms with Crippen LogP contribution in [0.1, 0.15) is 25.5 Å². The van der Waals surface area contributed by atoms with E-state index in [1.165, 1.54) is 0 Å². The summed E-state index contributed by atoms with van der Waals surface area (Å²) in [7, 11) is 0. The first-order valence-electron chi connectivity index (χ1n) is 4.82. The summed E-state index contributed by atoms with van der Waals surface area (Å²) in [4.78, 5) is 0. The Morgan fingerprint density at radius 2 is 1.79 bits per heavy atom. The van der Waals surface area contributed by atoms with Crippen LogP contribution in [0.4, 0.5) is 5.69 Å². The highest BCUT2D eigenvalue weighted by atomic mass is 16.3. The second-order valence-corrected chi connectivity index (χ2v) is 3.90. The van der Waals surface area contributed by atoms with Gasteiger partial charge >= 0.3 is 0 Å². The number of aliphatic hydroxyl groups is 1. The second-order valence-electron chi connectivity index (χ2n) is 3.90. The second kappa shape index (κ2) is 4.44. The van der Waals surface area contributed by atoms with Crippen molar-refractivity contribution in [3.8, 4) is 0 Å². The third-order valence-corrected chi connectivity index (χ3v) is 2.45. The molecule has 0 aromatic heterocycles. The van der Waals surface area contributed by atoms with Crippen LogP contribution in [-0.4, -0.2) is 11.1 Å². The Balaban J connectivity index is 2.89. The van der Waals surface area contributed by atoms with E-state index < -0.39 is 6.10 Å². The Morgan fingerprint density at radius 3 is 2.29 bits per heavy atom. The lowest BCUT2D eigenvalue weighted by molar-refractivity contribution is 0.126. The number of anilines is 1. The van der Waals surface area contributed by atoms with E-state index in [4.69, 9.17) is 11.5 Å². The maximum atomic E-state index is 9.94. The van der Waals surface area contributed by atoms with Crippen molar-refractivity contribution in [2.45, 2.75) is 26.0 Å². The molecule has 5 N–H and O–H groups in total. The van der Waals surface area contributed by atoms with E-state index in [2.05, 4.69) is 0 Å². The number of rotatable bonds is 3. The highest BCUT2D eigenvalue weighted by molar-refractivity contribution is 5.48. The van der Waals surface area contributed by atoms with Gasteiger partial charge in [0, 0.05) is 17.3 Å². The van der Waals surface area contributed by atoms with Crippen LogP contribution in [-0.2, 0) is 0 Å². The zero-order valence-electron chi connectivity index (χ0n) is 8.64. The Labute approximate surface area is 84.7 Å². The van der Waals surface area contributed by atoms with E-state index in [-0.39, 0.29) is 12.0 Å². The van der Waals surface area contributed by atoms with Crippen LogP contribution >= 0.6 is 0 Å². The van der Waals surface area contributed by atoms with Crippen molar-refractivity contribution in [2.24, 2.45) is 11.7 Å². The van der Waals surface area contributed by atoms with Gasteiger partial charge in [-0.05, 0) is 12.0 Å². The van der Waals surface area contributed by atoms with Crippen LogP contribution in [0, 0.1) is 5.92 Å². The van der Waals surface area contributed by atoms with Gasteiger partial charge in [0.2, 0.25) is 0 Å². The highest BCUT2D eigenvalue weighted by Gasteiger charge is 2.21. The third-order valence-electron chi connectivity index (χ3n) is 2.45. The number of hydrogen-bond donors (Lipinski definition) is 3. The van der Waals surface area contributed by atoms with Crippen molar-refractivity contribution in [2.75, 3.05) is 5.73 Å². The summed E-state index contributed by atoms with van der Waals surface area (Å²) in [5.74, 6) is 0.226. The quantitative estimate of drug-likeness (QED) is 0.635. The number of benzene rings is 1. The zero-order valence-corrected chi connectivity index (χ0v) is 8.64. The third kappa shape index (κ3) is 2.25. The number of hydrogen-bond acceptors (Lipinski definition) is 3. The summed E-state index contributed by atoms with van der Waals surface area (Å²) >= 11 is 0. The van der Waals surface area contributed by atoms with Crippen LogP contribution in [0.15, 0.2) is 24.3 Å². The number of nitrogen functional groups attached to an aromatic ring is 1. The minimum Gasteiger partial charge on any atom is -0.398 e. The molecule has 0 aliphatic rings. The smallest absolute Gasteiger partial charge is 0.0963 e. The maximum absolute atomic E-state index is 9.94. The van der Waals surface area contributed by atoms with E-state index in [9.17, 15) is 5.11 Å². The Morgan fingerprint density at radius 1 is 1.21 bits per heavy atom. The summed E-state index contributed by atoms with van der Waals surface area (Å²) in [5, 5.41) is 9.94. The normalized spacial score (nSPS) is 15.5. The lowest BCUT2D eigenvalue weighted by Crippen LogP contribution is -2.33. The fourth-order valence-corrected chi connectivity index (χ4v) is 1.35. The van der Waals surface area contributed by atoms with Crippen molar-refractivity contribution in [3.05, 3.63) is 29.8 Å². The Bertz CT molecular complexity index is 299. The largest absolute Gasteiger partial charge is 0.398 e. The molecule has 0 amide bonds. The predicted octanol–water partition coefficient (Wildman–Crippen LogP) is 1.29. The first-order valence-corrected chi connectivity index (χ1v) is 4.82. The van der Waals surface area contributed by atoms with Crippen molar-refractivity contribution >= 4 is 5.69 Å². The molecule has 0 saturated heterocycles. The maximum Gasteiger partial charge on any atom is 0.0963 e. The zero-order chi connectivity index (χ0) is 10.7. The molecule has 3 nitrogen and oxygen atoms in total. The summed E-state index contributed by atoms with van der Waals surface area (Å²) < 4.78 is 0. The molecular weight excluding hydrogens is 176 g/mol. The van der Waals surface area contributed by atoms with Gasteiger partial charge in [-0.3, -0.25) is 0 Å². The molecule has 0 spiro atoms. The van der Waals surface area contributed by atoms with E-state index in [1.54, 1.807) is 6.07 Å². The molecular formula is C11H18N2O. The summed E-state index contributed by atoms with van der Waals surface area (Å²) in [6.07, 6.45) is -0.684. The molecule has 78 valence electrons. The van der Waals surface area contributed by atoms with Crippen LogP contribution in [0.2, 0.25) is 0 Å². The van der Waals surface area contributed by atoms with Crippen LogP contribution in [0.25, 0.3) is 0 Å². The molecule has 3 heteroatoms. The van der Waals surface area contributed by atoms with Gasteiger partial charge in [0.1, 0.15) is 0 Å². The molecule has 0 heterocycles. The molecule has 0 radical (unpaired) electrons. The van der Waals surface area contributed by atoms with Gasteiger partial charge in [0.25, 0.3) is 0 Å². The fourth-order valence-electron chi connectivity index (χ4n) is 1.35. The molecule has 14 heavy (non-hydrogen) atoms. The van der Waals surface area contributed by atoms with Crippen molar-refractivity contribution in [3.63, 3.8) is 0 Å². The van der Waals surface area contributed by atoms with Crippen LogP contribution < -0.4 is 11.5 Å². The molecule has 0 aliphatic carbocycles.